The van der Waals surface area contributed by atoms with Gasteiger partial charge in [-0.25, -0.2) is 0 Å². The van der Waals surface area contributed by atoms with Crippen molar-refractivity contribution in [1.29, 1.82) is 0 Å². The lowest BCUT2D eigenvalue weighted by molar-refractivity contribution is 0.103. The van der Waals surface area contributed by atoms with E-state index >= 15 is 0 Å². The van der Waals surface area contributed by atoms with E-state index in [2.05, 4.69) is 35.0 Å². The van der Waals surface area contributed by atoms with Crippen molar-refractivity contribution in [1.82, 2.24) is 0 Å². The maximum Gasteiger partial charge on any atom is 0.265 e. The molecule has 5 heteroatoms. The Hall–Kier alpha value is -1.46. The molecule has 3 rings (SSSR count). The highest BCUT2D eigenvalue weighted by molar-refractivity contribution is 7.80. The smallest absolute Gasteiger partial charge is 0.265 e. The second kappa shape index (κ2) is 5.89. The fourth-order valence-corrected chi connectivity index (χ4v) is 3.41. The highest BCUT2D eigenvalue weighted by atomic mass is 32.1. The predicted molar refractivity (Wildman–Crippen MR) is 87.4 cm³/mol. The molecule has 1 aliphatic rings. The largest absolute Gasteiger partial charge is 0.372 e. The maximum atomic E-state index is 12.0. The molecule has 0 atom stereocenters. The van der Waals surface area contributed by atoms with Gasteiger partial charge in [0.2, 0.25) is 0 Å². The van der Waals surface area contributed by atoms with Crippen LogP contribution in [-0.2, 0) is 0 Å². The van der Waals surface area contributed by atoms with Crippen molar-refractivity contribution in [3.63, 3.8) is 0 Å². The molecule has 1 aromatic carbocycles. The molecule has 0 bridgehead atoms. The fourth-order valence-electron chi connectivity index (χ4n) is 2.37. The molecule has 1 fully saturated rings. The molecule has 1 aliphatic heterocycles. The van der Waals surface area contributed by atoms with Gasteiger partial charge in [-0.15, -0.1) is 24.0 Å². The molecule has 20 heavy (non-hydrogen) atoms. The Labute approximate surface area is 128 Å². The van der Waals surface area contributed by atoms with Crippen molar-refractivity contribution in [2.75, 3.05) is 23.3 Å². The number of thiophene rings is 1. The van der Waals surface area contributed by atoms with Crippen molar-refractivity contribution in [2.24, 2.45) is 0 Å². The van der Waals surface area contributed by atoms with E-state index in [0.717, 1.165) is 23.7 Å². The minimum Gasteiger partial charge on any atom is -0.372 e. The predicted octanol–water partition coefficient (Wildman–Crippen LogP) is 3.89. The zero-order valence-corrected chi connectivity index (χ0v) is 12.7. The molecule has 1 amide bonds. The number of hydrogen-bond donors (Lipinski definition) is 2. The first-order valence-corrected chi connectivity index (χ1v) is 7.99. The summed E-state index contributed by atoms with van der Waals surface area (Å²) in [5.74, 6) is -0.0794. The Morgan fingerprint density at radius 2 is 1.90 bits per heavy atom. The van der Waals surface area contributed by atoms with Crippen LogP contribution in [0.25, 0.3) is 0 Å². The Balaban J connectivity index is 1.67. The van der Waals surface area contributed by atoms with Crippen molar-refractivity contribution in [3.05, 3.63) is 40.6 Å². The number of amides is 1. The number of nitrogens with one attached hydrogen (secondary N) is 1. The van der Waals surface area contributed by atoms with Crippen molar-refractivity contribution in [2.45, 2.75) is 17.7 Å². The van der Waals surface area contributed by atoms with E-state index in [1.54, 1.807) is 6.07 Å². The van der Waals surface area contributed by atoms with Gasteiger partial charge < -0.3 is 10.2 Å². The quantitative estimate of drug-likeness (QED) is 0.843. The molecule has 0 unspecified atom stereocenters. The first kappa shape index (κ1) is 13.5. The van der Waals surface area contributed by atoms with Gasteiger partial charge in [0.25, 0.3) is 5.91 Å². The van der Waals surface area contributed by atoms with Gasteiger partial charge in [-0.3, -0.25) is 4.79 Å². The number of rotatable bonds is 3. The number of anilines is 2. The Bertz CT molecular complexity index is 601. The Kier molecular flexibility index (Phi) is 3.98. The van der Waals surface area contributed by atoms with E-state index in [1.807, 2.05) is 17.5 Å². The van der Waals surface area contributed by atoms with Crippen molar-refractivity contribution < 1.29 is 4.79 Å². The molecule has 0 aliphatic carbocycles. The number of hydrogen-bond acceptors (Lipinski definition) is 4. The van der Waals surface area contributed by atoms with Crippen LogP contribution in [-0.4, -0.2) is 19.0 Å². The van der Waals surface area contributed by atoms with Crippen LogP contribution in [0.5, 0.6) is 0 Å². The van der Waals surface area contributed by atoms with Gasteiger partial charge in [-0.05, 0) is 43.2 Å². The molecule has 2 aromatic rings. The topological polar surface area (TPSA) is 32.3 Å². The van der Waals surface area contributed by atoms with E-state index in [1.165, 1.54) is 29.9 Å². The molecule has 0 saturated carbocycles. The van der Waals surface area contributed by atoms with Gasteiger partial charge in [-0.2, -0.15) is 0 Å². The van der Waals surface area contributed by atoms with Crippen molar-refractivity contribution in [3.8, 4) is 0 Å². The van der Waals surface area contributed by atoms with E-state index in [4.69, 9.17) is 0 Å². The molecule has 0 radical (unpaired) electrons. The Morgan fingerprint density at radius 1 is 1.20 bits per heavy atom. The minimum absolute atomic E-state index is 0.0794. The lowest BCUT2D eigenvalue weighted by Crippen LogP contribution is -2.17. The van der Waals surface area contributed by atoms with Gasteiger partial charge in [0, 0.05) is 34.7 Å². The third kappa shape index (κ3) is 2.99. The van der Waals surface area contributed by atoms with E-state index in [0.29, 0.717) is 4.88 Å². The second-order valence-electron chi connectivity index (χ2n) is 4.86. The molecule has 1 saturated heterocycles. The van der Waals surface area contributed by atoms with Crippen LogP contribution in [0.15, 0.2) is 40.6 Å². The van der Waals surface area contributed by atoms with Gasteiger partial charge in [0.05, 0.1) is 4.88 Å². The number of thiol groups is 1. The molecular formula is C15H16N2OS2. The highest BCUT2D eigenvalue weighted by Crippen LogP contribution is 2.23. The van der Waals surface area contributed by atoms with Crippen LogP contribution in [0, 0.1) is 0 Å². The summed E-state index contributed by atoms with van der Waals surface area (Å²) < 4.78 is 0. The summed E-state index contributed by atoms with van der Waals surface area (Å²) in [7, 11) is 0. The fraction of sp³-hybridized carbons (Fsp3) is 0.267. The van der Waals surface area contributed by atoms with E-state index < -0.39 is 0 Å². The Morgan fingerprint density at radius 3 is 2.50 bits per heavy atom. The third-order valence-corrected chi connectivity index (χ3v) is 4.77. The maximum absolute atomic E-state index is 12.0. The summed E-state index contributed by atoms with van der Waals surface area (Å²) in [6.45, 7) is 2.26. The molecule has 104 valence electrons. The van der Waals surface area contributed by atoms with Crippen molar-refractivity contribution >= 4 is 41.2 Å². The number of carbonyl (C=O) groups is 1. The molecule has 1 aromatic heterocycles. The summed E-state index contributed by atoms with van der Waals surface area (Å²) in [5.41, 5.74) is 2.06. The second-order valence-corrected chi connectivity index (χ2v) is 6.29. The molecule has 1 N–H and O–H groups in total. The zero-order valence-electron chi connectivity index (χ0n) is 11.0. The van der Waals surface area contributed by atoms with Gasteiger partial charge in [0.1, 0.15) is 0 Å². The minimum atomic E-state index is -0.0794. The lowest BCUT2D eigenvalue weighted by Gasteiger charge is -2.17. The average Bonchev–Trinajstić information content (AvgIpc) is 3.10. The van der Waals surface area contributed by atoms with Crippen LogP contribution in [0.3, 0.4) is 0 Å². The van der Waals surface area contributed by atoms with E-state index in [9.17, 15) is 4.79 Å². The third-order valence-electron chi connectivity index (χ3n) is 3.41. The summed E-state index contributed by atoms with van der Waals surface area (Å²) in [6, 6.07) is 9.84. The number of nitrogens with zero attached hydrogens (tertiary/aromatic N) is 1. The standard InChI is InChI=1S/C15H16N2OS2/c18-15(14-9-13(19)10-20-14)16-11-3-5-12(6-4-11)17-7-1-2-8-17/h3-6,9-10,19H,1-2,7-8H2,(H,16,18). The van der Waals surface area contributed by atoms with Gasteiger partial charge >= 0.3 is 0 Å². The summed E-state index contributed by atoms with van der Waals surface area (Å²) >= 11 is 5.62. The van der Waals surface area contributed by atoms with Crippen LogP contribution >= 0.6 is 24.0 Å². The summed E-state index contributed by atoms with van der Waals surface area (Å²) in [6.07, 6.45) is 2.53. The average molecular weight is 304 g/mol. The molecule has 2 heterocycles. The van der Waals surface area contributed by atoms with Crippen LogP contribution in [0.2, 0.25) is 0 Å². The number of benzene rings is 1. The van der Waals surface area contributed by atoms with E-state index in [-0.39, 0.29) is 5.91 Å². The SMILES string of the molecule is O=C(Nc1ccc(N2CCCC2)cc1)c1cc(S)cs1. The molecule has 3 nitrogen and oxygen atoms in total. The first-order valence-electron chi connectivity index (χ1n) is 6.66. The molecule has 0 spiro atoms. The zero-order chi connectivity index (χ0) is 13.9. The number of carbonyl (C=O) groups excluding carboxylic acids is 1. The highest BCUT2D eigenvalue weighted by Gasteiger charge is 2.12. The monoisotopic (exact) mass is 304 g/mol. The van der Waals surface area contributed by atoms with Crippen LogP contribution in [0.1, 0.15) is 22.5 Å². The van der Waals surface area contributed by atoms with Crippen LogP contribution in [0.4, 0.5) is 11.4 Å². The summed E-state index contributed by atoms with van der Waals surface area (Å²) in [5, 5.41) is 4.76. The normalized spacial score (nSPS) is 14.6. The first-order chi connectivity index (χ1) is 9.72. The van der Waals surface area contributed by atoms with Gasteiger partial charge in [0.15, 0.2) is 0 Å². The van der Waals surface area contributed by atoms with Crippen LogP contribution < -0.4 is 10.2 Å². The lowest BCUT2D eigenvalue weighted by atomic mass is 10.2. The molecular weight excluding hydrogens is 288 g/mol. The summed E-state index contributed by atoms with van der Waals surface area (Å²) in [4.78, 5) is 15.9. The van der Waals surface area contributed by atoms with Gasteiger partial charge in [-0.1, -0.05) is 0 Å².